The van der Waals surface area contributed by atoms with E-state index in [4.69, 9.17) is 5.73 Å². The highest BCUT2D eigenvalue weighted by Gasteiger charge is 2.26. The van der Waals surface area contributed by atoms with Crippen LogP contribution in [0.4, 0.5) is 11.4 Å². The third-order valence-electron chi connectivity index (χ3n) is 5.61. The highest BCUT2D eigenvalue weighted by Crippen LogP contribution is 2.21. The Balaban J connectivity index is 1.41. The van der Waals surface area contributed by atoms with Gasteiger partial charge >= 0.3 is 0 Å². The number of carbonyl (C=O) groups is 2. The summed E-state index contributed by atoms with van der Waals surface area (Å²) >= 11 is 0. The molecule has 1 aromatic rings. The summed E-state index contributed by atoms with van der Waals surface area (Å²) in [5.74, 6) is -0.424. The number of carbonyl (C=O) groups excluding carboxylic acids is 2. The van der Waals surface area contributed by atoms with Crippen LogP contribution in [0.2, 0.25) is 0 Å². The summed E-state index contributed by atoms with van der Waals surface area (Å²) in [6, 6.07) is 7.91. The highest BCUT2D eigenvalue weighted by molar-refractivity contribution is 6.01. The first-order valence-electron chi connectivity index (χ1n) is 10.5. The zero-order valence-corrected chi connectivity index (χ0v) is 16.7. The molecule has 4 N–H and O–H groups in total. The van der Waals surface area contributed by atoms with E-state index in [-0.39, 0.29) is 17.9 Å². The lowest BCUT2D eigenvalue weighted by atomic mass is 10.1. The van der Waals surface area contributed by atoms with Crippen LogP contribution in [0.5, 0.6) is 0 Å². The Morgan fingerprint density at radius 3 is 2.39 bits per heavy atom. The molecule has 0 spiro atoms. The topological polar surface area (TPSA) is 90.7 Å². The fourth-order valence-corrected chi connectivity index (χ4v) is 3.86. The molecular formula is C21H33N5O2. The first kappa shape index (κ1) is 20.6. The molecule has 3 rings (SSSR count). The molecule has 0 radical (unpaired) electrons. The van der Waals surface area contributed by atoms with Crippen LogP contribution in [0.15, 0.2) is 24.3 Å². The zero-order chi connectivity index (χ0) is 19.8. The number of piperidine rings is 1. The maximum absolute atomic E-state index is 11.9. The Morgan fingerprint density at radius 1 is 1.00 bits per heavy atom. The van der Waals surface area contributed by atoms with E-state index < -0.39 is 0 Å². The summed E-state index contributed by atoms with van der Waals surface area (Å²) in [5.41, 5.74) is 7.67. The predicted molar refractivity (Wildman–Crippen MR) is 112 cm³/mol. The van der Waals surface area contributed by atoms with Gasteiger partial charge in [-0.1, -0.05) is 12.8 Å². The molecule has 0 saturated carbocycles. The first-order valence-corrected chi connectivity index (χ1v) is 10.5. The minimum absolute atomic E-state index is 0.187. The van der Waals surface area contributed by atoms with Crippen molar-refractivity contribution in [3.63, 3.8) is 0 Å². The van der Waals surface area contributed by atoms with E-state index in [2.05, 4.69) is 32.6 Å². The van der Waals surface area contributed by atoms with Crippen molar-refractivity contribution in [1.82, 2.24) is 10.2 Å². The Morgan fingerprint density at radius 2 is 1.71 bits per heavy atom. The smallest absolute Gasteiger partial charge is 0.249 e. The number of piperazine rings is 1. The largest absolute Gasteiger partial charge is 0.374 e. The summed E-state index contributed by atoms with van der Waals surface area (Å²) in [6.45, 7) is 6.29. The van der Waals surface area contributed by atoms with Gasteiger partial charge in [-0.2, -0.15) is 0 Å². The van der Waals surface area contributed by atoms with E-state index >= 15 is 0 Å². The SMILES string of the molecule is NCCCCCCN1CCN(c2ccc(NC3CCC(=O)NC3=O)cc2)CC1. The molecule has 0 aromatic heterocycles. The van der Waals surface area contributed by atoms with Gasteiger partial charge in [0.05, 0.1) is 0 Å². The Kier molecular flexibility index (Phi) is 7.68. The number of nitrogens with one attached hydrogen (secondary N) is 2. The first-order chi connectivity index (χ1) is 13.7. The van der Waals surface area contributed by atoms with Crippen molar-refractivity contribution in [3.8, 4) is 0 Å². The zero-order valence-electron chi connectivity index (χ0n) is 16.7. The number of anilines is 2. The third kappa shape index (κ3) is 5.94. The molecule has 28 heavy (non-hydrogen) atoms. The molecule has 0 bridgehead atoms. The molecule has 154 valence electrons. The van der Waals surface area contributed by atoms with Gasteiger partial charge in [-0.15, -0.1) is 0 Å². The number of hydrogen-bond donors (Lipinski definition) is 3. The molecule has 2 saturated heterocycles. The van der Waals surface area contributed by atoms with Gasteiger partial charge in [0.1, 0.15) is 6.04 Å². The van der Waals surface area contributed by atoms with E-state index in [0.29, 0.717) is 12.8 Å². The number of benzene rings is 1. The van der Waals surface area contributed by atoms with Gasteiger partial charge in [0, 0.05) is 44.0 Å². The van der Waals surface area contributed by atoms with Gasteiger partial charge in [0.25, 0.3) is 0 Å². The highest BCUT2D eigenvalue weighted by atomic mass is 16.2. The second kappa shape index (κ2) is 10.4. The summed E-state index contributed by atoms with van der Waals surface area (Å²) in [6.07, 6.45) is 5.86. The molecule has 1 aromatic carbocycles. The summed E-state index contributed by atoms with van der Waals surface area (Å²) in [7, 11) is 0. The predicted octanol–water partition coefficient (Wildman–Crippen LogP) is 1.54. The second-order valence-electron chi connectivity index (χ2n) is 7.73. The Bertz CT molecular complexity index is 641. The van der Waals surface area contributed by atoms with Crippen molar-refractivity contribution in [1.29, 1.82) is 0 Å². The second-order valence-corrected chi connectivity index (χ2v) is 7.73. The number of nitrogens with zero attached hydrogens (tertiary/aromatic N) is 2. The summed E-state index contributed by atoms with van der Waals surface area (Å²) in [4.78, 5) is 28.1. The minimum atomic E-state index is -0.336. The molecule has 2 aliphatic heterocycles. The molecule has 7 heteroatoms. The molecule has 2 aliphatic rings. The molecule has 2 heterocycles. The van der Waals surface area contributed by atoms with Crippen LogP contribution in [-0.4, -0.2) is 62.0 Å². The quantitative estimate of drug-likeness (QED) is 0.440. The number of unbranched alkanes of at least 4 members (excludes halogenated alkanes) is 3. The van der Waals surface area contributed by atoms with Crippen LogP contribution in [0.25, 0.3) is 0 Å². The maximum Gasteiger partial charge on any atom is 0.249 e. The molecular weight excluding hydrogens is 354 g/mol. The van der Waals surface area contributed by atoms with Gasteiger partial charge in [-0.05, 0) is 56.6 Å². The average molecular weight is 388 g/mol. The summed E-state index contributed by atoms with van der Waals surface area (Å²) < 4.78 is 0. The molecule has 7 nitrogen and oxygen atoms in total. The van der Waals surface area contributed by atoms with Crippen LogP contribution >= 0.6 is 0 Å². The van der Waals surface area contributed by atoms with Crippen LogP contribution in [0.1, 0.15) is 38.5 Å². The van der Waals surface area contributed by atoms with Crippen molar-refractivity contribution in [2.45, 2.75) is 44.6 Å². The minimum Gasteiger partial charge on any atom is -0.374 e. The van der Waals surface area contributed by atoms with Crippen LogP contribution in [-0.2, 0) is 9.59 Å². The van der Waals surface area contributed by atoms with E-state index in [1.54, 1.807) is 0 Å². The number of imide groups is 1. The maximum atomic E-state index is 11.9. The van der Waals surface area contributed by atoms with E-state index in [9.17, 15) is 9.59 Å². The molecule has 2 fully saturated rings. The van der Waals surface area contributed by atoms with Gasteiger partial charge < -0.3 is 16.0 Å². The fourth-order valence-electron chi connectivity index (χ4n) is 3.86. The van der Waals surface area contributed by atoms with E-state index in [1.807, 2.05) is 12.1 Å². The Labute approximate surface area is 167 Å². The third-order valence-corrected chi connectivity index (χ3v) is 5.61. The Hall–Kier alpha value is -2.12. The fraction of sp³-hybridized carbons (Fsp3) is 0.619. The summed E-state index contributed by atoms with van der Waals surface area (Å²) in [5, 5.41) is 5.61. The van der Waals surface area contributed by atoms with E-state index in [1.165, 1.54) is 31.5 Å². The molecule has 1 unspecified atom stereocenters. The van der Waals surface area contributed by atoms with Gasteiger partial charge in [-0.25, -0.2) is 0 Å². The normalized spacial score (nSPS) is 20.9. The monoisotopic (exact) mass is 387 g/mol. The number of rotatable bonds is 9. The van der Waals surface area contributed by atoms with Gasteiger partial charge in [0.15, 0.2) is 0 Å². The van der Waals surface area contributed by atoms with E-state index in [0.717, 1.165) is 44.8 Å². The van der Waals surface area contributed by atoms with Crippen LogP contribution < -0.4 is 21.3 Å². The lowest BCUT2D eigenvalue weighted by Gasteiger charge is -2.36. The number of hydrogen-bond acceptors (Lipinski definition) is 6. The molecule has 2 amide bonds. The number of amides is 2. The van der Waals surface area contributed by atoms with Crippen molar-refractivity contribution < 1.29 is 9.59 Å². The van der Waals surface area contributed by atoms with Gasteiger partial charge in [-0.3, -0.25) is 19.8 Å². The van der Waals surface area contributed by atoms with Crippen molar-refractivity contribution >= 4 is 23.2 Å². The van der Waals surface area contributed by atoms with Crippen molar-refractivity contribution in [2.24, 2.45) is 5.73 Å². The molecule has 0 aliphatic carbocycles. The van der Waals surface area contributed by atoms with Crippen LogP contribution in [0.3, 0.4) is 0 Å². The van der Waals surface area contributed by atoms with Gasteiger partial charge in [0.2, 0.25) is 11.8 Å². The van der Waals surface area contributed by atoms with Crippen molar-refractivity contribution in [3.05, 3.63) is 24.3 Å². The average Bonchev–Trinajstić information content (AvgIpc) is 2.71. The lowest BCUT2D eigenvalue weighted by Crippen LogP contribution is -2.47. The number of nitrogens with two attached hydrogens (primary N) is 1. The molecule has 1 atom stereocenters. The van der Waals surface area contributed by atoms with Crippen molar-refractivity contribution in [2.75, 3.05) is 49.5 Å². The lowest BCUT2D eigenvalue weighted by molar-refractivity contribution is -0.133. The van der Waals surface area contributed by atoms with Crippen LogP contribution in [0, 0.1) is 0 Å². The standard InChI is InChI=1S/C21H33N5O2/c22-11-3-1-2-4-12-25-13-15-26(16-14-25)18-7-5-17(6-8-18)23-19-9-10-20(27)24-21(19)28/h5-8,19,23H,1-4,9-16,22H2,(H,24,27,28).